The maximum Gasteiger partial charge on any atom is 0.416 e. The lowest BCUT2D eigenvalue weighted by Crippen LogP contribution is -2.54. The molecule has 0 aromatic heterocycles. The highest BCUT2D eigenvalue weighted by Crippen LogP contribution is 2.40. The van der Waals surface area contributed by atoms with Crippen LogP contribution < -0.4 is 15.4 Å². The Labute approximate surface area is 220 Å². The normalized spacial score (nSPS) is 18.3. The standard InChI is InChI=1S/C28H25F7N2O2/c1-39-24-14-18(7-8-23(24)30)27(15-17-5-3-2-4-6-17,19-11-20(28(33,34)35)13-21(29)12-19)37-25(38)36-22-9-10-26(31,32)16-22/h2-8,11-14,22H,9-10,15-16H2,1H3,(H2,36,37,38)/t22-,27+/m0/s1. The number of alkyl halides is 5. The summed E-state index contributed by atoms with van der Waals surface area (Å²) >= 11 is 0. The minimum absolute atomic E-state index is 0.00529. The number of carbonyl (C=O) groups excluding carboxylic acids is 1. The molecule has 0 aliphatic heterocycles. The van der Waals surface area contributed by atoms with E-state index in [0.717, 1.165) is 12.1 Å². The van der Waals surface area contributed by atoms with Gasteiger partial charge in [0.05, 0.1) is 18.2 Å². The molecule has 208 valence electrons. The molecule has 11 heteroatoms. The van der Waals surface area contributed by atoms with Crippen LogP contribution in [0.3, 0.4) is 0 Å². The van der Waals surface area contributed by atoms with E-state index in [1.165, 1.54) is 19.2 Å². The molecule has 0 bridgehead atoms. The number of hydrogen-bond acceptors (Lipinski definition) is 2. The predicted molar refractivity (Wildman–Crippen MR) is 130 cm³/mol. The van der Waals surface area contributed by atoms with Crippen LogP contribution in [0.5, 0.6) is 5.75 Å². The van der Waals surface area contributed by atoms with E-state index in [-0.39, 0.29) is 29.7 Å². The van der Waals surface area contributed by atoms with Crippen molar-refractivity contribution in [1.82, 2.24) is 10.6 Å². The van der Waals surface area contributed by atoms with Crippen LogP contribution in [0.4, 0.5) is 35.5 Å². The van der Waals surface area contributed by atoms with E-state index in [2.05, 4.69) is 10.6 Å². The summed E-state index contributed by atoms with van der Waals surface area (Å²) in [7, 11) is 1.19. The monoisotopic (exact) mass is 554 g/mol. The van der Waals surface area contributed by atoms with Crippen LogP contribution in [0.2, 0.25) is 0 Å². The van der Waals surface area contributed by atoms with Crippen molar-refractivity contribution in [1.29, 1.82) is 0 Å². The Balaban J connectivity index is 1.90. The molecule has 4 rings (SSSR count). The molecule has 0 spiro atoms. The number of amides is 2. The number of halogens is 7. The molecule has 2 N–H and O–H groups in total. The van der Waals surface area contributed by atoms with Gasteiger partial charge in [0.25, 0.3) is 0 Å². The molecular formula is C28H25F7N2O2. The van der Waals surface area contributed by atoms with Crippen molar-refractivity contribution in [2.75, 3.05) is 7.11 Å². The van der Waals surface area contributed by atoms with Crippen molar-refractivity contribution in [3.05, 3.63) is 101 Å². The van der Waals surface area contributed by atoms with Gasteiger partial charge in [0.2, 0.25) is 5.92 Å². The van der Waals surface area contributed by atoms with Gasteiger partial charge in [-0.15, -0.1) is 0 Å². The number of carbonyl (C=O) groups is 1. The first-order valence-corrected chi connectivity index (χ1v) is 12.0. The van der Waals surface area contributed by atoms with Crippen molar-refractivity contribution in [2.45, 2.75) is 49.4 Å². The fourth-order valence-corrected chi connectivity index (χ4v) is 4.87. The van der Waals surface area contributed by atoms with Crippen molar-refractivity contribution >= 4 is 6.03 Å². The van der Waals surface area contributed by atoms with E-state index < -0.39 is 59.8 Å². The fraction of sp³-hybridized carbons (Fsp3) is 0.321. The summed E-state index contributed by atoms with van der Waals surface area (Å²) in [6.45, 7) is 0. The van der Waals surface area contributed by atoms with E-state index in [1.807, 2.05) is 0 Å². The molecule has 1 fully saturated rings. The lowest BCUT2D eigenvalue weighted by atomic mass is 9.77. The van der Waals surface area contributed by atoms with Crippen molar-refractivity contribution in [2.24, 2.45) is 0 Å². The summed E-state index contributed by atoms with van der Waals surface area (Å²) in [5.74, 6) is -5.23. The highest BCUT2D eigenvalue weighted by Gasteiger charge is 2.43. The lowest BCUT2D eigenvalue weighted by Gasteiger charge is -2.37. The average molecular weight is 555 g/mol. The zero-order valence-electron chi connectivity index (χ0n) is 20.7. The van der Waals surface area contributed by atoms with Crippen LogP contribution in [0.25, 0.3) is 0 Å². The molecule has 1 saturated carbocycles. The summed E-state index contributed by atoms with van der Waals surface area (Å²) in [6.07, 6.45) is -6.16. The summed E-state index contributed by atoms with van der Waals surface area (Å²) in [5, 5.41) is 5.10. The highest BCUT2D eigenvalue weighted by atomic mass is 19.4. The van der Waals surface area contributed by atoms with Crippen LogP contribution in [0, 0.1) is 11.6 Å². The predicted octanol–water partition coefficient (Wildman–Crippen LogP) is 6.97. The smallest absolute Gasteiger partial charge is 0.416 e. The van der Waals surface area contributed by atoms with E-state index >= 15 is 0 Å². The third-order valence-electron chi connectivity index (χ3n) is 6.74. The minimum Gasteiger partial charge on any atom is -0.494 e. The maximum absolute atomic E-state index is 14.7. The molecule has 0 heterocycles. The number of ether oxygens (including phenoxy) is 1. The summed E-state index contributed by atoms with van der Waals surface area (Å²) in [4.78, 5) is 13.3. The fourth-order valence-electron chi connectivity index (χ4n) is 4.87. The molecule has 2 amide bonds. The third-order valence-corrected chi connectivity index (χ3v) is 6.74. The topological polar surface area (TPSA) is 50.4 Å². The third kappa shape index (κ3) is 6.46. The first-order chi connectivity index (χ1) is 18.3. The summed E-state index contributed by atoms with van der Waals surface area (Å²) in [5.41, 5.74) is -2.89. The van der Waals surface area contributed by atoms with Gasteiger partial charge < -0.3 is 15.4 Å². The Hall–Kier alpha value is -3.76. The number of benzene rings is 3. The summed E-state index contributed by atoms with van der Waals surface area (Å²) < 4.78 is 103. The lowest BCUT2D eigenvalue weighted by molar-refractivity contribution is -0.137. The Morgan fingerprint density at radius 3 is 2.28 bits per heavy atom. The largest absolute Gasteiger partial charge is 0.494 e. The van der Waals surface area contributed by atoms with Gasteiger partial charge in [0, 0.05) is 25.3 Å². The van der Waals surface area contributed by atoms with Gasteiger partial charge in [-0.25, -0.2) is 22.4 Å². The minimum atomic E-state index is -4.92. The van der Waals surface area contributed by atoms with Crippen molar-refractivity contribution in [3.8, 4) is 5.75 Å². The van der Waals surface area contributed by atoms with Crippen molar-refractivity contribution in [3.63, 3.8) is 0 Å². The zero-order valence-corrected chi connectivity index (χ0v) is 20.7. The number of nitrogens with one attached hydrogen (secondary N) is 2. The van der Waals surface area contributed by atoms with E-state index in [4.69, 9.17) is 4.74 Å². The maximum atomic E-state index is 14.7. The van der Waals surface area contributed by atoms with E-state index in [1.54, 1.807) is 30.3 Å². The number of methoxy groups -OCH3 is 1. The van der Waals surface area contributed by atoms with Gasteiger partial charge in [0.15, 0.2) is 11.6 Å². The van der Waals surface area contributed by atoms with Gasteiger partial charge in [-0.05, 0) is 53.4 Å². The SMILES string of the molecule is COc1cc([C@@](Cc2ccccc2)(NC(=O)N[C@H]2CCC(F)(F)C2)c2cc(F)cc(C(F)(F)F)c2)ccc1F. The molecule has 2 atom stereocenters. The quantitative estimate of drug-likeness (QED) is 0.310. The van der Waals surface area contributed by atoms with Gasteiger partial charge >= 0.3 is 12.2 Å². The van der Waals surface area contributed by atoms with Gasteiger partial charge in [-0.1, -0.05) is 36.4 Å². The molecule has 3 aromatic carbocycles. The van der Waals surface area contributed by atoms with Crippen molar-refractivity contribution < 1.29 is 40.3 Å². The molecule has 4 nitrogen and oxygen atoms in total. The Bertz CT molecular complexity index is 1330. The van der Waals surface area contributed by atoms with Crippen LogP contribution in [-0.2, 0) is 18.1 Å². The Morgan fingerprint density at radius 1 is 0.974 bits per heavy atom. The molecule has 3 aromatic rings. The second kappa shape index (κ2) is 10.8. The van der Waals surface area contributed by atoms with Crippen LogP contribution in [0.15, 0.2) is 66.7 Å². The number of urea groups is 1. The van der Waals surface area contributed by atoms with Crippen LogP contribution >= 0.6 is 0 Å². The molecule has 1 aliphatic carbocycles. The van der Waals surface area contributed by atoms with Gasteiger partial charge in [-0.3, -0.25) is 0 Å². The van der Waals surface area contributed by atoms with Crippen LogP contribution in [-0.4, -0.2) is 25.1 Å². The second-order valence-electron chi connectivity index (χ2n) is 9.54. The van der Waals surface area contributed by atoms with Crippen LogP contribution in [0.1, 0.15) is 41.5 Å². The van der Waals surface area contributed by atoms with Gasteiger partial charge in [-0.2, -0.15) is 13.2 Å². The molecule has 39 heavy (non-hydrogen) atoms. The first kappa shape index (κ1) is 28.3. The number of hydrogen-bond donors (Lipinski definition) is 2. The Morgan fingerprint density at radius 2 is 1.67 bits per heavy atom. The molecule has 0 radical (unpaired) electrons. The Kier molecular flexibility index (Phi) is 7.81. The van der Waals surface area contributed by atoms with Gasteiger partial charge in [0.1, 0.15) is 5.82 Å². The second-order valence-corrected chi connectivity index (χ2v) is 9.54. The average Bonchev–Trinajstić information content (AvgIpc) is 3.21. The summed E-state index contributed by atoms with van der Waals surface area (Å²) in [6, 6.07) is 11.8. The molecule has 0 unspecified atom stereocenters. The zero-order chi connectivity index (χ0) is 28.4. The molecule has 1 aliphatic rings. The number of rotatable bonds is 7. The highest BCUT2D eigenvalue weighted by molar-refractivity contribution is 5.76. The molecule has 0 saturated heterocycles. The molecular weight excluding hydrogens is 529 g/mol. The van der Waals surface area contributed by atoms with E-state index in [9.17, 15) is 35.5 Å². The first-order valence-electron chi connectivity index (χ1n) is 12.0. The van der Waals surface area contributed by atoms with E-state index in [0.29, 0.717) is 17.7 Å².